The Morgan fingerprint density at radius 1 is 0.857 bits per heavy atom. The van der Waals surface area contributed by atoms with Gasteiger partial charge in [0.25, 0.3) is 5.69 Å². The molecule has 0 saturated heterocycles. The van der Waals surface area contributed by atoms with Crippen LogP contribution in [0.2, 0.25) is 0 Å². The topological polar surface area (TPSA) is 60.2 Å². The molecule has 0 heterocycles. The number of carbonyl (C=O) groups excluding carboxylic acids is 1. The Bertz CT molecular complexity index is 836. The van der Waals surface area contributed by atoms with E-state index in [0.717, 1.165) is 0 Å². The summed E-state index contributed by atoms with van der Waals surface area (Å²) in [6.07, 6.45) is 0. The Balaban J connectivity index is 2.28. The summed E-state index contributed by atoms with van der Waals surface area (Å²) in [7, 11) is 0. The van der Waals surface area contributed by atoms with Gasteiger partial charge in [0.05, 0.1) is 10.3 Å². The molecule has 3 aromatic rings. The number of nitro benzene ring substituents is 1. The molecule has 3 rings (SSSR count). The average Bonchev–Trinajstić information content (AvgIpc) is 2.53. The van der Waals surface area contributed by atoms with Crippen molar-refractivity contribution < 1.29 is 9.72 Å². The van der Waals surface area contributed by atoms with Gasteiger partial charge in [-0.2, -0.15) is 0 Å². The number of benzene rings is 3. The van der Waals surface area contributed by atoms with Gasteiger partial charge in [0, 0.05) is 17.2 Å². The third-order valence-corrected chi connectivity index (χ3v) is 3.36. The summed E-state index contributed by atoms with van der Waals surface area (Å²) >= 11 is 0. The summed E-state index contributed by atoms with van der Waals surface area (Å²) in [4.78, 5) is 23.4. The Labute approximate surface area is 120 Å². The van der Waals surface area contributed by atoms with Crippen molar-refractivity contribution in [1.82, 2.24) is 0 Å². The number of carbonyl (C=O) groups is 1. The standard InChI is InChI=1S/C17H11NO3/c19-17(13-6-2-1-3-7-13)14-10-4-8-12-9-5-11-15(16(12)14)18(20)21/h1-11H. The molecule has 0 atom stereocenters. The van der Waals surface area contributed by atoms with Crippen LogP contribution in [-0.2, 0) is 0 Å². The lowest BCUT2D eigenvalue weighted by Gasteiger charge is -2.06. The van der Waals surface area contributed by atoms with Crippen molar-refractivity contribution in [2.45, 2.75) is 0 Å². The number of hydrogen-bond donors (Lipinski definition) is 0. The number of nitrogens with zero attached hydrogens (tertiary/aromatic N) is 1. The average molecular weight is 277 g/mol. The van der Waals surface area contributed by atoms with E-state index in [0.29, 0.717) is 21.9 Å². The Morgan fingerprint density at radius 3 is 2.19 bits per heavy atom. The van der Waals surface area contributed by atoms with Gasteiger partial charge in [0.1, 0.15) is 0 Å². The minimum absolute atomic E-state index is 0.0487. The van der Waals surface area contributed by atoms with Crippen molar-refractivity contribution in [2.75, 3.05) is 0 Å². The second-order valence-corrected chi connectivity index (χ2v) is 4.63. The molecule has 0 amide bonds. The van der Waals surface area contributed by atoms with Crippen LogP contribution in [-0.4, -0.2) is 10.7 Å². The summed E-state index contributed by atoms with van der Waals surface area (Å²) in [6, 6.07) is 18.7. The molecule has 0 aromatic heterocycles. The summed E-state index contributed by atoms with van der Waals surface area (Å²) in [5.41, 5.74) is 0.821. The monoisotopic (exact) mass is 277 g/mol. The highest BCUT2D eigenvalue weighted by molar-refractivity contribution is 6.18. The lowest BCUT2D eigenvalue weighted by Crippen LogP contribution is -2.03. The molecule has 0 spiro atoms. The SMILES string of the molecule is O=C(c1ccccc1)c1cccc2cccc([N+](=O)[O-])c12. The molecule has 0 aliphatic rings. The van der Waals surface area contributed by atoms with Crippen LogP contribution in [0.3, 0.4) is 0 Å². The van der Waals surface area contributed by atoms with Crippen LogP contribution in [0.15, 0.2) is 66.7 Å². The van der Waals surface area contributed by atoms with Crippen LogP contribution < -0.4 is 0 Å². The maximum absolute atomic E-state index is 12.6. The second-order valence-electron chi connectivity index (χ2n) is 4.63. The van der Waals surface area contributed by atoms with E-state index >= 15 is 0 Å². The first-order chi connectivity index (χ1) is 10.2. The van der Waals surface area contributed by atoms with Crippen LogP contribution in [0.25, 0.3) is 10.8 Å². The molecule has 0 radical (unpaired) electrons. The van der Waals surface area contributed by atoms with Gasteiger partial charge in [-0.05, 0) is 5.39 Å². The molecule has 0 N–H and O–H groups in total. The van der Waals surface area contributed by atoms with E-state index in [1.807, 2.05) is 6.07 Å². The third-order valence-electron chi connectivity index (χ3n) is 3.36. The quantitative estimate of drug-likeness (QED) is 0.413. The van der Waals surface area contributed by atoms with Crippen LogP contribution in [0.5, 0.6) is 0 Å². The molecule has 4 heteroatoms. The zero-order valence-corrected chi connectivity index (χ0v) is 11.0. The predicted molar refractivity (Wildman–Crippen MR) is 80.5 cm³/mol. The van der Waals surface area contributed by atoms with Crippen LogP contribution in [0, 0.1) is 10.1 Å². The lowest BCUT2D eigenvalue weighted by molar-refractivity contribution is -0.383. The maximum atomic E-state index is 12.6. The first-order valence-corrected chi connectivity index (χ1v) is 6.44. The van der Waals surface area contributed by atoms with Crippen molar-refractivity contribution >= 4 is 22.2 Å². The van der Waals surface area contributed by atoms with Crippen molar-refractivity contribution in [2.24, 2.45) is 0 Å². The predicted octanol–water partition coefficient (Wildman–Crippen LogP) is 3.98. The van der Waals surface area contributed by atoms with E-state index in [9.17, 15) is 14.9 Å². The van der Waals surface area contributed by atoms with Gasteiger partial charge in [-0.25, -0.2) is 0 Å². The number of ketones is 1. The summed E-state index contributed by atoms with van der Waals surface area (Å²) in [6.45, 7) is 0. The summed E-state index contributed by atoms with van der Waals surface area (Å²) < 4.78 is 0. The van der Waals surface area contributed by atoms with E-state index < -0.39 is 4.92 Å². The number of fused-ring (bicyclic) bond motifs is 1. The molecule has 0 unspecified atom stereocenters. The second kappa shape index (κ2) is 5.17. The third kappa shape index (κ3) is 2.27. The molecule has 0 bridgehead atoms. The molecular weight excluding hydrogens is 266 g/mol. The van der Waals surface area contributed by atoms with Crippen LogP contribution in [0.4, 0.5) is 5.69 Å². The van der Waals surface area contributed by atoms with Gasteiger partial charge in [-0.15, -0.1) is 0 Å². The molecule has 0 saturated carbocycles. The summed E-state index contributed by atoms with van der Waals surface area (Å²) in [5.74, 6) is -0.212. The normalized spacial score (nSPS) is 10.5. The van der Waals surface area contributed by atoms with Crippen molar-refractivity contribution in [3.63, 3.8) is 0 Å². The molecule has 0 aliphatic heterocycles. The molecule has 3 aromatic carbocycles. The Hall–Kier alpha value is -3.01. The van der Waals surface area contributed by atoms with Gasteiger partial charge in [-0.3, -0.25) is 14.9 Å². The van der Waals surface area contributed by atoms with Crippen molar-refractivity contribution in [3.05, 3.63) is 88.0 Å². The number of non-ortho nitro benzene ring substituents is 1. The van der Waals surface area contributed by atoms with Crippen LogP contribution in [0.1, 0.15) is 15.9 Å². The zero-order valence-electron chi connectivity index (χ0n) is 11.0. The first kappa shape index (κ1) is 13.0. The fourth-order valence-electron chi connectivity index (χ4n) is 2.41. The molecule has 0 aliphatic carbocycles. The molecule has 4 nitrogen and oxygen atoms in total. The Kier molecular flexibility index (Phi) is 3.20. The van der Waals surface area contributed by atoms with Crippen molar-refractivity contribution in [3.8, 4) is 0 Å². The molecule has 0 fully saturated rings. The maximum Gasteiger partial charge on any atom is 0.277 e. The Morgan fingerprint density at radius 2 is 1.52 bits per heavy atom. The lowest BCUT2D eigenvalue weighted by atomic mass is 9.96. The van der Waals surface area contributed by atoms with E-state index in [4.69, 9.17) is 0 Å². The van der Waals surface area contributed by atoms with Gasteiger partial charge >= 0.3 is 0 Å². The van der Waals surface area contributed by atoms with E-state index in [1.165, 1.54) is 6.07 Å². The summed E-state index contributed by atoms with van der Waals surface area (Å²) in [5, 5.41) is 12.3. The smallest absolute Gasteiger partial charge is 0.277 e. The zero-order chi connectivity index (χ0) is 14.8. The van der Waals surface area contributed by atoms with E-state index in [1.54, 1.807) is 54.6 Å². The van der Waals surface area contributed by atoms with Crippen molar-refractivity contribution in [1.29, 1.82) is 0 Å². The largest absolute Gasteiger partial charge is 0.289 e. The minimum Gasteiger partial charge on any atom is -0.289 e. The minimum atomic E-state index is -0.454. The van der Waals surface area contributed by atoms with E-state index in [2.05, 4.69) is 0 Å². The molecular formula is C17H11NO3. The number of nitro groups is 1. The van der Waals surface area contributed by atoms with Gasteiger partial charge < -0.3 is 0 Å². The van der Waals surface area contributed by atoms with E-state index in [-0.39, 0.29) is 11.5 Å². The number of rotatable bonds is 3. The highest BCUT2D eigenvalue weighted by atomic mass is 16.6. The van der Waals surface area contributed by atoms with Gasteiger partial charge in [0.15, 0.2) is 5.78 Å². The first-order valence-electron chi connectivity index (χ1n) is 6.44. The van der Waals surface area contributed by atoms with Crippen LogP contribution >= 0.6 is 0 Å². The van der Waals surface area contributed by atoms with Gasteiger partial charge in [0.2, 0.25) is 0 Å². The highest BCUT2D eigenvalue weighted by Gasteiger charge is 2.19. The highest BCUT2D eigenvalue weighted by Crippen LogP contribution is 2.30. The number of hydrogen-bond acceptors (Lipinski definition) is 3. The molecule has 21 heavy (non-hydrogen) atoms. The molecule has 102 valence electrons. The fraction of sp³-hybridized carbons (Fsp3) is 0. The van der Waals surface area contributed by atoms with Gasteiger partial charge in [-0.1, -0.05) is 60.7 Å². The fourth-order valence-corrected chi connectivity index (χ4v) is 2.41.